The van der Waals surface area contributed by atoms with Crippen LogP contribution in [0.4, 0.5) is 0 Å². The van der Waals surface area contributed by atoms with Gasteiger partial charge in [0, 0.05) is 13.0 Å². The maximum atomic E-state index is 12.1. The van der Waals surface area contributed by atoms with Gasteiger partial charge in [-0.05, 0) is 50.2 Å². The summed E-state index contributed by atoms with van der Waals surface area (Å²) in [5, 5.41) is 3.09. The molecule has 1 aromatic rings. The lowest BCUT2D eigenvalue weighted by Gasteiger charge is -2.20. The molecule has 1 aromatic carbocycles. The molecule has 0 aliphatic carbocycles. The van der Waals surface area contributed by atoms with Crippen LogP contribution in [0.5, 0.6) is 0 Å². The van der Waals surface area contributed by atoms with Gasteiger partial charge in [0.1, 0.15) is 0 Å². The van der Waals surface area contributed by atoms with E-state index in [2.05, 4.69) is 37.4 Å². The minimum atomic E-state index is -0.354. The Balaban J connectivity index is 1.91. The maximum Gasteiger partial charge on any atom is 0.219 e. The molecular formula is C30H52ClNO. The van der Waals surface area contributed by atoms with E-state index >= 15 is 0 Å². The topological polar surface area (TPSA) is 29.1 Å². The molecule has 0 fully saturated rings. The summed E-state index contributed by atoms with van der Waals surface area (Å²) in [6.45, 7) is 9.45. The summed E-state index contributed by atoms with van der Waals surface area (Å²) in [7, 11) is 0. The van der Waals surface area contributed by atoms with Gasteiger partial charge in [-0.15, -0.1) is 11.6 Å². The number of carbonyl (C=O) groups excluding carboxylic acids is 1. The summed E-state index contributed by atoms with van der Waals surface area (Å²) in [5.41, 5.74) is 2.48. The van der Waals surface area contributed by atoms with E-state index in [1.807, 2.05) is 19.9 Å². The van der Waals surface area contributed by atoms with Crippen LogP contribution in [0.25, 0.3) is 0 Å². The highest BCUT2D eigenvalue weighted by atomic mass is 35.5. The Morgan fingerprint density at radius 2 is 1.33 bits per heavy atom. The van der Waals surface area contributed by atoms with Gasteiger partial charge in [0.25, 0.3) is 0 Å². The smallest absolute Gasteiger partial charge is 0.219 e. The second-order valence-corrected chi connectivity index (χ2v) is 11.7. The normalized spacial score (nSPS) is 11.8. The van der Waals surface area contributed by atoms with Crippen molar-refractivity contribution < 1.29 is 4.79 Å². The zero-order valence-corrected chi connectivity index (χ0v) is 22.9. The van der Waals surface area contributed by atoms with Gasteiger partial charge >= 0.3 is 0 Å². The summed E-state index contributed by atoms with van der Waals surface area (Å²) in [6.07, 6.45) is 20.0. The number of nitrogens with one attached hydrogen (secondary N) is 1. The first kappa shape index (κ1) is 30.0. The van der Waals surface area contributed by atoms with E-state index in [1.165, 1.54) is 88.2 Å². The Bertz CT molecular complexity index is 620. The van der Waals surface area contributed by atoms with Crippen molar-refractivity contribution in [2.75, 3.05) is 6.54 Å². The molecule has 0 aliphatic heterocycles. The van der Waals surface area contributed by atoms with E-state index < -0.39 is 0 Å². The second kappa shape index (κ2) is 18.3. The number of aryl methyl sites for hydroxylation is 1. The molecule has 0 radical (unpaired) electrons. The van der Waals surface area contributed by atoms with Crippen molar-refractivity contribution in [3.63, 3.8) is 0 Å². The third kappa shape index (κ3) is 16.3. The zero-order valence-electron chi connectivity index (χ0n) is 22.2. The number of benzene rings is 1. The molecule has 33 heavy (non-hydrogen) atoms. The quantitative estimate of drug-likeness (QED) is 0.147. The van der Waals surface area contributed by atoms with E-state index in [1.54, 1.807) is 0 Å². The zero-order chi connectivity index (χ0) is 24.4. The fraction of sp³-hybridized carbons (Fsp3) is 0.767. The van der Waals surface area contributed by atoms with Crippen molar-refractivity contribution in [3.05, 3.63) is 35.4 Å². The lowest BCUT2D eigenvalue weighted by atomic mass is 9.94. The number of hydrogen-bond acceptors (Lipinski definition) is 1. The Morgan fingerprint density at radius 3 is 1.88 bits per heavy atom. The summed E-state index contributed by atoms with van der Waals surface area (Å²) in [6, 6.07) is 8.37. The summed E-state index contributed by atoms with van der Waals surface area (Å²) < 4.78 is 0. The molecule has 0 aliphatic rings. The fourth-order valence-corrected chi connectivity index (χ4v) is 4.70. The largest absolute Gasteiger partial charge is 0.356 e. The van der Waals surface area contributed by atoms with Crippen molar-refractivity contribution >= 4 is 17.5 Å². The average Bonchev–Trinajstić information content (AvgIpc) is 2.76. The first-order valence-corrected chi connectivity index (χ1v) is 14.2. The predicted octanol–water partition coefficient (Wildman–Crippen LogP) is 9.33. The van der Waals surface area contributed by atoms with E-state index in [0.717, 1.165) is 31.7 Å². The van der Waals surface area contributed by atoms with Crippen molar-refractivity contribution in [1.29, 1.82) is 0 Å². The van der Waals surface area contributed by atoms with Crippen LogP contribution in [0.1, 0.15) is 135 Å². The van der Waals surface area contributed by atoms with Crippen LogP contribution in [0.3, 0.4) is 0 Å². The molecule has 0 saturated carbocycles. The lowest BCUT2D eigenvalue weighted by molar-refractivity contribution is -0.121. The van der Waals surface area contributed by atoms with Crippen molar-refractivity contribution in [2.24, 2.45) is 5.92 Å². The summed E-state index contributed by atoms with van der Waals surface area (Å²) in [5.74, 6) is 1.07. The molecule has 0 saturated heterocycles. The van der Waals surface area contributed by atoms with Gasteiger partial charge in [-0.25, -0.2) is 0 Å². The third-order valence-electron chi connectivity index (χ3n) is 6.54. The average molecular weight is 478 g/mol. The van der Waals surface area contributed by atoms with E-state index in [-0.39, 0.29) is 10.8 Å². The molecule has 0 atom stereocenters. The predicted molar refractivity (Wildman–Crippen MR) is 146 cm³/mol. The maximum absolute atomic E-state index is 12.1. The van der Waals surface area contributed by atoms with Crippen molar-refractivity contribution in [1.82, 2.24) is 5.32 Å². The van der Waals surface area contributed by atoms with Crippen LogP contribution in [0.15, 0.2) is 24.3 Å². The molecule has 190 valence electrons. The number of unbranched alkanes of at least 4 members (excludes halogenated alkanes) is 11. The number of alkyl halides is 1. The highest BCUT2D eigenvalue weighted by Gasteiger charge is 2.19. The molecule has 0 heterocycles. The molecule has 3 heteroatoms. The van der Waals surface area contributed by atoms with Crippen molar-refractivity contribution in [3.8, 4) is 0 Å². The Labute approximate surface area is 210 Å². The molecule has 2 nitrogen and oxygen atoms in total. The minimum absolute atomic E-state index is 0.203. The summed E-state index contributed by atoms with van der Waals surface area (Å²) >= 11 is 6.51. The standard InChI is InChI=1S/C30H52ClNO/c1-26(2)20-15-13-11-9-7-5-6-8-10-12-14-16-24-29(33)32-25-19-22-27-21-17-18-23-28(27)30(3,4)31/h17-18,21,23,26H,5-16,19-20,22,24-25H2,1-4H3,(H,32,33). The van der Waals surface area contributed by atoms with Gasteiger partial charge in [-0.1, -0.05) is 115 Å². The van der Waals surface area contributed by atoms with E-state index in [9.17, 15) is 4.79 Å². The van der Waals surface area contributed by atoms with Crippen LogP contribution >= 0.6 is 11.6 Å². The van der Waals surface area contributed by atoms with Crippen LogP contribution in [0.2, 0.25) is 0 Å². The van der Waals surface area contributed by atoms with Crippen molar-refractivity contribution in [2.45, 2.75) is 135 Å². The minimum Gasteiger partial charge on any atom is -0.356 e. The molecule has 0 bridgehead atoms. The highest BCUT2D eigenvalue weighted by Crippen LogP contribution is 2.30. The summed E-state index contributed by atoms with van der Waals surface area (Å²) in [4.78, 5) is 11.7. The van der Waals surface area contributed by atoms with E-state index in [0.29, 0.717) is 6.42 Å². The number of hydrogen-bond donors (Lipinski definition) is 1. The van der Waals surface area contributed by atoms with Gasteiger partial charge in [0.2, 0.25) is 5.91 Å². The molecule has 0 aromatic heterocycles. The second-order valence-electron chi connectivity index (χ2n) is 10.8. The van der Waals surface area contributed by atoms with Gasteiger partial charge in [-0.2, -0.15) is 0 Å². The SMILES string of the molecule is CC(C)CCCCCCCCCCCCCCC(=O)NCCCc1ccccc1C(C)(C)Cl. The monoisotopic (exact) mass is 477 g/mol. The van der Waals surface area contributed by atoms with Crippen LogP contribution < -0.4 is 5.32 Å². The highest BCUT2D eigenvalue weighted by molar-refractivity contribution is 6.23. The van der Waals surface area contributed by atoms with Gasteiger partial charge in [-0.3, -0.25) is 4.79 Å². The molecule has 0 unspecified atom stereocenters. The van der Waals surface area contributed by atoms with E-state index in [4.69, 9.17) is 11.6 Å². The number of carbonyl (C=O) groups is 1. The first-order valence-electron chi connectivity index (χ1n) is 13.8. The molecular weight excluding hydrogens is 426 g/mol. The Kier molecular flexibility index (Phi) is 16.7. The molecule has 1 rings (SSSR count). The van der Waals surface area contributed by atoms with Gasteiger partial charge in [0.15, 0.2) is 0 Å². The first-order chi connectivity index (χ1) is 15.8. The third-order valence-corrected chi connectivity index (χ3v) is 6.74. The fourth-order valence-electron chi connectivity index (χ4n) is 4.52. The van der Waals surface area contributed by atoms with Crippen LogP contribution in [-0.2, 0) is 16.1 Å². The molecule has 1 amide bonds. The lowest BCUT2D eigenvalue weighted by Crippen LogP contribution is -2.24. The Hall–Kier alpha value is -1.02. The number of halogens is 1. The number of rotatable bonds is 20. The molecule has 1 N–H and O–H groups in total. The number of amides is 1. The van der Waals surface area contributed by atoms with Gasteiger partial charge in [0.05, 0.1) is 4.87 Å². The van der Waals surface area contributed by atoms with Crippen LogP contribution in [-0.4, -0.2) is 12.5 Å². The molecule has 0 spiro atoms. The van der Waals surface area contributed by atoms with Gasteiger partial charge < -0.3 is 5.32 Å². The Morgan fingerprint density at radius 1 is 0.818 bits per heavy atom. The van der Waals surface area contributed by atoms with Crippen LogP contribution in [0, 0.1) is 5.92 Å².